The maximum atomic E-state index is 13.6. The molecule has 0 spiro atoms. The molecular weight excluding hydrogens is 532 g/mol. The van der Waals surface area contributed by atoms with Gasteiger partial charge < -0.3 is 24.5 Å². The van der Waals surface area contributed by atoms with Crippen LogP contribution in [0.4, 0.5) is 11.6 Å². The number of Topliss-reactive ketones (excluding diaryl/α,β-unsaturated/α-hetero) is 1. The van der Waals surface area contributed by atoms with E-state index in [1.807, 2.05) is 48.5 Å². The number of hydrogen-bond acceptors (Lipinski definition) is 7. The number of aliphatic hydroxyl groups excluding tert-OH is 1. The molecule has 3 aromatic carbocycles. The summed E-state index contributed by atoms with van der Waals surface area (Å²) < 4.78 is 10.8. The van der Waals surface area contributed by atoms with E-state index in [-0.39, 0.29) is 33.6 Å². The number of aromatic amines is 1. The number of ether oxygens (including phenoxy) is 2. The Balaban J connectivity index is 1.74. The lowest BCUT2D eigenvalue weighted by Crippen LogP contribution is -2.30. The van der Waals surface area contributed by atoms with Crippen LogP contribution < -0.4 is 19.3 Å². The summed E-state index contributed by atoms with van der Waals surface area (Å²) in [4.78, 5) is 38.4. The van der Waals surface area contributed by atoms with Crippen LogP contribution in [0.5, 0.6) is 11.5 Å². The Bertz CT molecular complexity index is 1590. The summed E-state index contributed by atoms with van der Waals surface area (Å²) in [5, 5.41) is 11.9. The summed E-state index contributed by atoms with van der Waals surface area (Å²) >= 11 is 6.28. The second kappa shape index (κ2) is 10.9. The van der Waals surface area contributed by atoms with Gasteiger partial charge in [0.05, 0.1) is 47.5 Å². The number of aliphatic hydroxyl groups is 1. The van der Waals surface area contributed by atoms with Crippen LogP contribution in [0.25, 0.3) is 16.8 Å². The Morgan fingerprint density at radius 3 is 2.33 bits per heavy atom. The van der Waals surface area contributed by atoms with Crippen molar-refractivity contribution in [3.05, 3.63) is 82.4 Å². The van der Waals surface area contributed by atoms with Crippen molar-refractivity contribution in [2.24, 2.45) is 0 Å². The van der Waals surface area contributed by atoms with E-state index in [2.05, 4.69) is 28.7 Å². The molecule has 2 N–H and O–H groups in total. The zero-order valence-corrected chi connectivity index (χ0v) is 23.3. The minimum atomic E-state index is -0.974. The van der Waals surface area contributed by atoms with Gasteiger partial charge in [0, 0.05) is 24.8 Å². The molecule has 10 heteroatoms. The number of H-pyrrole nitrogens is 1. The highest BCUT2D eigenvalue weighted by molar-refractivity contribution is 6.51. The molecule has 1 fully saturated rings. The lowest BCUT2D eigenvalue weighted by Gasteiger charge is -2.25. The number of para-hydroxylation sites is 2. The highest BCUT2D eigenvalue weighted by Crippen LogP contribution is 2.44. The number of nitrogens with one attached hydrogen (secondary N) is 1. The quantitative estimate of drug-likeness (QED) is 0.161. The Labute approximate surface area is 236 Å². The third-order valence-corrected chi connectivity index (χ3v) is 7.41. The molecule has 5 rings (SSSR count). The summed E-state index contributed by atoms with van der Waals surface area (Å²) in [6.45, 7) is 5.79. The summed E-state index contributed by atoms with van der Waals surface area (Å²) in [6.07, 6.45) is 0. The number of ketones is 1. The number of fused-ring (bicyclic) bond motifs is 1. The van der Waals surface area contributed by atoms with Crippen LogP contribution >= 0.6 is 11.6 Å². The summed E-state index contributed by atoms with van der Waals surface area (Å²) in [6, 6.07) is 16.9. The van der Waals surface area contributed by atoms with Crippen molar-refractivity contribution in [2.45, 2.75) is 19.9 Å². The number of hydrogen-bond donors (Lipinski definition) is 2. The Morgan fingerprint density at radius 2 is 1.70 bits per heavy atom. The maximum Gasteiger partial charge on any atom is 0.302 e. The van der Waals surface area contributed by atoms with Gasteiger partial charge in [0.25, 0.3) is 5.78 Å². The van der Waals surface area contributed by atoms with E-state index >= 15 is 0 Å². The van der Waals surface area contributed by atoms with Crippen LogP contribution in [-0.2, 0) is 9.59 Å². The Hall–Kier alpha value is -4.50. The number of aromatic nitrogens is 2. The van der Waals surface area contributed by atoms with Crippen LogP contribution in [0.15, 0.2) is 66.2 Å². The first-order chi connectivity index (χ1) is 19.3. The van der Waals surface area contributed by atoms with Crippen molar-refractivity contribution in [3.8, 4) is 11.5 Å². The third-order valence-electron chi connectivity index (χ3n) is 7.12. The SMILES string of the molecule is CCN(CC)c1ccc(C2/C(=C(\O)c3cc(OC)c(Cl)cc3OC)C(=O)C(=O)N2c2nc3ccccc3[nH]2)cc1. The molecule has 1 atom stereocenters. The molecule has 1 unspecified atom stereocenters. The topological polar surface area (TPSA) is 108 Å². The van der Waals surface area contributed by atoms with Gasteiger partial charge in [0.1, 0.15) is 17.3 Å². The van der Waals surface area contributed by atoms with E-state index in [4.69, 9.17) is 21.1 Å². The molecule has 40 heavy (non-hydrogen) atoms. The zero-order valence-electron chi connectivity index (χ0n) is 22.6. The average molecular weight is 561 g/mol. The maximum absolute atomic E-state index is 13.6. The second-order valence-corrected chi connectivity index (χ2v) is 9.60. The highest BCUT2D eigenvalue weighted by atomic mass is 35.5. The Morgan fingerprint density at radius 1 is 1.02 bits per heavy atom. The number of imidazole rings is 1. The number of rotatable bonds is 8. The lowest BCUT2D eigenvalue weighted by molar-refractivity contribution is -0.132. The highest BCUT2D eigenvalue weighted by Gasteiger charge is 2.48. The standard InChI is InChI=1S/C30H29ClN4O5/c1-5-34(6-2)18-13-11-17(12-14-18)26-25(27(36)19-15-24(40-4)20(31)16-23(19)39-3)28(37)29(38)35(26)30-32-21-9-7-8-10-22(21)33-30/h7-16,26,36H,5-6H2,1-4H3,(H,32,33)/b27-25+. The van der Waals surface area contributed by atoms with Crippen molar-refractivity contribution >= 4 is 51.7 Å². The van der Waals surface area contributed by atoms with E-state index in [1.54, 1.807) is 0 Å². The van der Waals surface area contributed by atoms with Gasteiger partial charge in [-0.1, -0.05) is 35.9 Å². The van der Waals surface area contributed by atoms with Crippen molar-refractivity contribution in [3.63, 3.8) is 0 Å². The predicted octanol–water partition coefficient (Wildman–Crippen LogP) is 5.71. The molecule has 1 aliphatic rings. The molecule has 0 saturated carbocycles. The fraction of sp³-hybridized carbons (Fsp3) is 0.233. The fourth-order valence-corrected chi connectivity index (χ4v) is 5.30. The first-order valence-corrected chi connectivity index (χ1v) is 13.2. The first-order valence-electron chi connectivity index (χ1n) is 12.8. The van der Waals surface area contributed by atoms with Gasteiger partial charge >= 0.3 is 5.91 Å². The number of anilines is 2. The van der Waals surface area contributed by atoms with Gasteiger partial charge in [-0.2, -0.15) is 0 Å². The normalized spacial score (nSPS) is 16.5. The molecule has 1 aromatic heterocycles. The van der Waals surface area contributed by atoms with Crippen molar-refractivity contribution in [1.29, 1.82) is 0 Å². The van der Waals surface area contributed by atoms with Gasteiger partial charge in [-0.05, 0) is 49.7 Å². The van der Waals surface area contributed by atoms with E-state index in [9.17, 15) is 14.7 Å². The average Bonchev–Trinajstić information content (AvgIpc) is 3.51. The molecular formula is C30H29ClN4O5. The molecule has 0 bridgehead atoms. The number of carbonyl (C=O) groups excluding carboxylic acids is 2. The fourth-order valence-electron chi connectivity index (χ4n) is 5.07. The number of carbonyl (C=O) groups is 2. The smallest absolute Gasteiger partial charge is 0.302 e. The van der Waals surface area contributed by atoms with Gasteiger partial charge in [-0.3, -0.25) is 14.5 Å². The summed E-state index contributed by atoms with van der Waals surface area (Å²) in [5.74, 6) is -1.41. The molecule has 0 aliphatic carbocycles. The van der Waals surface area contributed by atoms with Gasteiger partial charge in [0.15, 0.2) is 0 Å². The number of methoxy groups -OCH3 is 2. The molecule has 206 valence electrons. The summed E-state index contributed by atoms with van der Waals surface area (Å²) in [5.41, 5.74) is 3.02. The molecule has 1 aliphatic heterocycles. The molecule has 1 saturated heterocycles. The first kappa shape index (κ1) is 27.1. The van der Waals surface area contributed by atoms with Crippen molar-refractivity contribution in [1.82, 2.24) is 9.97 Å². The number of amides is 1. The van der Waals surface area contributed by atoms with E-state index < -0.39 is 23.5 Å². The van der Waals surface area contributed by atoms with Crippen LogP contribution in [0.2, 0.25) is 5.02 Å². The number of halogens is 1. The molecule has 1 amide bonds. The number of nitrogens with zero attached hydrogens (tertiary/aromatic N) is 3. The van der Waals surface area contributed by atoms with Crippen LogP contribution in [0, 0.1) is 0 Å². The van der Waals surface area contributed by atoms with E-state index in [0.717, 1.165) is 18.8 Å². The zero-order chi connectivity index (χ0) is 28.6. The molecule has 9 nitrogen and oxygen atoms in total. The Kier molecular flexibility index (Phi) is 7.40. The molecule has 4 aromatic rings. The van der Waals surface area contributed by atoms with Crippen molar-refractivity contribution < 1.29 is 24.2 Å². The van der Waals surface area contributed by atoms with Gasteiger partial charge in [0.2, 0.25) is 5.95 Å². The second-order valence-electron chi connectivity index (χ2n) is 9.20. The van der Waals surface area contributed by atoms with Crippen molar-refractivity contribution in [2.75, 3.05) is 37.1 Å². The van der Waals surface area contributed by atoms with Crippen LogP contribution in [0.3, 0.4) is 0 Å². The van der Waals surface area contributed by atoms with E-state index in [1.165, 1.54) is 31.3 Å². The number of benzene rings is 3. The third kappa shape index (κ3) is 4.52. The monoisotopic (exact) mass is 560 g/mol. The van der Waals surface area contributed by atoms with Crippen LogP contribution in [-0.4, -0.2) is 54.1 Å². The largest absolute Gasteiger partial charge is 0.507 e. The molecule has 2 heterocycles. The van der Waals surface area contributed by atoms with Crippen LogP contribution in [0.1, 0.15) is 31.0 Å². The van der Waals surface area contributed by atoms with E-state index in [0.29, 0.717) is 16.6 Å². The lowest BCUT2D eigenvalue weighted by atomic mass is 9.94. The minimum absolute atomic E-state index is 0.108. The molecule has 0 radical (unpaired) electrons. The predicted molar refractivity (Wildman–Crippen MR) is 155 cm³/mol. The summed E-state index contributed by atoms with van der Waals surface area (Å²) in [7, 11) is 2.86. The van der Waals surface area contributed by atoms with Gasteiger partial charge in [-0.15, -0.1) is 0 Å². The van der Waals surface area contributed by atoms with Gasteiger partial charge in [-0.25, -0.2) is 4.98 Å². The minimum Gasteiger partial charge on any atom is -0.507 e.